The van der Waals surface area contributed by atoms with Crippen LogP contribution < -0.4 is 16.1 Å². The van der Waals surface area contributed by atoms with Crippen molar-refractivity contribution in [2.24, 2.45) is 0 Å². The van der Waals surface area contributed by atoms with Gasteiger partial charge in [-0.05, 0) is 33.1 Å². The van der Waals surface area contributed by atoms with Gasteiger partial charge in [-0.25, -0.2) is 14.4 Å². The summed E-state index contributed by atoms with van der Waals surface area (Å²) >= 11 is 5.89. The van der Waals surface area contributed by atoms with E-state index in [9.17, 15) is 23.3 Å². The van der Waals surface area contributed by atoms with Gasteiger partial charge in [0.2, 0.25) is 0 Å². The zero-order chi connectivity index (χ0) is 32.7. The molecular formula is C30H45ClF2N8O4. The molecule has 45 heavy (non-hydrogen) atoms. The summed E-state index contributed by atoms with van der Waals surface area (Å²) in [6, 6.07) is 1.34. The summed E-state index contributed by atoms with van der Waals surface area (Å²) in [5.74, 6) is -2.19. The summed E-state index contributed by atoms with van der Waals surface area (Å²) in [6.45, 7) is 10.7. The lowest BCUT2D eigenvalue weighted by molar-refractivity contribution is -0.145. The SMILES string of the molecule is CC.CC1NCCN(NC(=O)C2CCOC3CCCC(=C3C(=O)Nc3cc(F)cc(Cl)n3)C(=O)N2CN2CCN(F)CC2)C1C. The lowest BCUT2D eigenvalue weighted by Crippen LogP contribution is -2.64. The number of carbonyl (C=O) groups is 3. The maximum Gasteiger partial charge on any atom is 0.257 e. The zero-order valence-corrected chi connectivity index (χ0v) is 27.2. The molecule has 12 nitrogen and oxygen atoms in total. The first-order valence-electron chi connectivity index (χ1n) is 15.8. The van der Waals surface area contributed by atoms with Gasteiger partial charge in [0.15, 0.2) is 0 Å². The van der Waals surface area contributed by atoms with E-state index in [1.165, 1.54) is 4.90 Å². The number of aromatic nitrogens is 1. The normalized spacial score (nSPS) is 27.1. The molecule has 4 unspecified atom stereocenters. The van der Waals surface area contributed by atoms with Crippen LogP contribution in [0.25, 0.3) is 0 Å². The summed E-state index contributed by atoms with van der Waals surface area (Å²) < 4.78 is 33.9. The van der Waals surface area contributed by atoms with Crippen LogP contribution in [0.1, 0.15) is 53.4 Å². The van der Waals surface area contributed by atoms with Crippen LogP contribution in [0.3, 0.4) is 0 Å². The number of piperazine rings is 2. The molecule has 4 aliphatic rings. The second-order valence-electron chi connectivity index (χ2n) is 11.5. The molecule has 1 aromatic heterocycles. The minimum absolute atomic E-state index is 0.0224. The van der Waals surface area contributed by atoms with Crippen LogP contribution in [0.15, 0.2) is 23.3 Å². The Morgan fingerprint density at radius 1 is 1.13 bits per heavy atom. The fraction of sp³-hybridized carbons (Fsp3) is 0.667. The summed E-state index contributed by atoms with van der Waals surface area (Å²) in [7, 11) is 0. The van der Waals surface area contributed by atoms with Crippen molar-refractivity contribution in [3.63, 3.8) is 0 Å². The Morgan fingerprint density at radius 3 is 2.58 bits per heavy atom. The standard InChI is InChI=1S/C28H39ClF2N8O4.C2H6/c1-17-18(2)39(8-7-32-17)35-26(40)21-6-13-43-22-5-3-4-20(28(42)38(21)16-36-9-11-37(31)12-10-36)25(22)27(41)34-24-15-19(30)14-23(29)33-24;1-2/h14-15,17-18,21-22,32H,3-13,16H2,1-2H3,(H,35,40)(H,33,34,41);1-2H3. The third kappa shape index (κ3) is 8.74. The fourth-order valence-corrected chi connectivity index (χ4v) is 6.26. The first-order valence-corrected chi connectivity index (χ1v) is 16.2. The summed E-state index contributed by atoms with van der Waals surface area (Å²) in [4.78, 5) is 49.3. The van der Waals surface area contributed by atoms with Crippen LogP contribution in [-0.2, 0) is 19.1 Å². The molecule has 15 heteroatoms. The van der Waals surface area contributed by atoms with Gasteiger partial charge >= 0.3 is 0 Å². The van der Waals surface area contributed by atoms with E-state index >= 15 is 0 Å². The predicted molar refractivity (Wildman–Crippen MR) is 166 cm³/mol. The van der Waals surface area contributed by atoms with E-state index in [1.54, 1.807) is 0 Å². The molecule has 2 bridgehead atoms. The number of nitrogens with zero attached hydrogens (tertiary/aromatic N) is 5. The van der Waals surface area contributed by atoms with Crippen molar-refractivity contribution in [2.75, 3.05) is 57.9 Å². The number of hydrogen-bond acceptors (Lipinski definition) is 9. The van der Waals surface area contributed by atoms with Crippen molar-refractivity contribution < 1.29 is 28.0 Å². The average molecular weight is 655 g/mol. The van der Waals surface area contributed by atoms with Crippen molar-refractivity contribution >= 4 is 35.1 Å². The van der Waals surface area contributed by atoms with Gasteiger partial charge in [0.1, 0.15) is 22.8 Å². The molecule has 4 heterocycles. The van der Waals surface area contributed by atoms with Gasteiger partial charge in [0.05, 0.1) is 18.3 Å². The lowest BCUT2D eigenvalue weighted by Gasteiger charge is -2.41. The molecule has 0 aromatic carbocycles. The molecule has 1 aromatic rings. The van der Waals surface area contributed by atoms with Gasteiger partial charge in [-0.15, -0.1) is 9.60 Å². The van der Waals surface area contributed by atoms with E-state index in [0.29, 0.717) is 45.4 Å². The number of rotatable bonds is 6. The second-order valence-corrected chi connectivity index (χ2v) is 11.9. The number of fused-ring (bicyclic) bond motifs is 1. The van der Waals surface area contributed by atoms with Crippen molar-refractivity contribution in [2.45, 2.75) is 77.6 Å². The maximum atomic E-state index is 14.4. The van der Waals surface area contributed by atoms with Gasteiger partial charge < -0.3 is 20.3 Å². The van der Waals surface area contributed by atoms with Crippen molar-refractivity contribution in [1.82, 2.24) is 35.7 Å². The number of amides is 3. The Bertz CT molecular complexity index is 1230. The molecule has 1 aliphatic carbocycles. The molecule has 0 spiro atoms. The number of hydrazine groups is 1. The van der Waals surface area contributed by atoms with Crippen molar-refractivity contribution in [3.8, 4) is 0 Å². The minimum Gasteiger partial charge on any atom is -0.373 e. The largest absolute Gasteiger partial charge is 0.373 e. The third-order valence-electron chi connectivity index (χ3n) is 8.65. The molecule has 3 amide bonds. The van der Waals surface area contributed by atoms with Crippen LogP contribution in [0.4, 0.5) is 14.7 Å². The van der Waals surface area contributed by atoms with E-state index in [1.807, 2.05) is 37.6 Å². The quantitative estimate of drug-likeness (QED) is 0.314. The molecule has 2 saturated heterocycles. The van der Waals surface area contributed by atoms with E-state index in [4.69, 9.17) is 16.3 Å². The molecule has 3 aliphatic heterocycles. The first kappa shape index (κ1) is 35.1. The number of anilines is 1. The highest BCUT2D eigenvalue weighted by molar-refractivity contribution is 6.29. The molecule has 0 saturated carbocycles. The minimum atomic E-state index is -0.895. The van der Waals surface area contributed by atoms with Crippen LogP contribution in [-0.4, -0.2) is 119 Å². The highest BCUT2D eigenvalue weighted by Gasteiger charge is 2.41. The average Bonchev–Trinajstić information content (AvgIpc) is 3.04. The van der Waals surface area contributed by atoms with Gasteiger partial charge in [-0.1, -0.05) is 25.4 Å². The van der Waals surface area contributed by atoms with Crippen molar-refractivity contribution in [1.29, 1.82) is 0 Å². The summed E-state index contributed by atoms with van der Waals surface area (Å²) in [6.07, 6.45) is 0.922. The number of halogens is 3. The van der Waals surface area contributed by atoms with E-state index < -0.39 is 29.8 Å². The Labute approximate surface area is 268 Å². The van der Waals surface area contributed by atoms with Gasteiger partial charge in [0.25, 0.3) is 17.7 Å². The monoisotopic (exact) mass is 654 g/mol. The van der Waals surface area contributed by atoms with Crippen LogP contribution >= 0.6 is 11.6 Å². The number of hydrogen-bond donors (Lipinski definition) is 3. The van der Waals surface area contributed by atoms with E-state index in [-0.39, 0.29) is 72.9 Å². The second kappa shape index (κ2) is 16.2. The number of ether oxygens (including phenoxy) is 1. The highest BCUT2D eigenvalue weighted by Crippen LogP contribution is 2.32. The molecule has 4 atom stereocenters. The van der Waals surface area contributed by atoms with Crippen LogP contribution in [0.2, 0.25) is 5.15 Å². The molecular weight excluding hydrogens is 610 g/mol. The Kier molecular flexibility index (Phi) is 12.6. The van der Waals surface area contributed by atoms with Crippen molar-refractivity contribution in [3.05, 3.63) is 34.2 Å². The van der Waals surface area contributed by atoms with Crippen LogP contribution in [0.5, 0.6) is 0 Å². The van der Waals surface area contributed by atoms with E-state index in [0.717, 1.165) is 17.3 Å². The Balaban J connectivity index is 0.00000226. The maximum absolute atomic E-state index is 14.4. The predicted octanol–water partition coefficient (Wildman–Crippen LogP) is 2.48. The molecule has 5 rings (SSSR count). The third-order valence-corrected chi connectivity index (χ3v) is 8.85. The zero-order valence-electron chi connectivity index (χ0n) is 26.5. The number of pyridine rings is 1. The van der Waals surface area contributed by atoms with Gasteiger partial charge in [0, 0.05) is 82.1 Å². The fourth-order valence-electron chi connectivity index (χ4n) is 6.06. The molecule has 250 valence electrons. The molecule has 2 fully saturated rings. The topological polar surface area (TPSA) is 122 Å². The lowest BCUT2D eigenvalue weighted by atomic mass is 9.87. The number of nitrogens with one attached hydrogen (secondary N) is 3. The first-order chi connectivity index (χ1) is 21.6. The molecule has 3 N–H and O–H groups in total. The summed E-state index contributed by atoms with van der Waals surface area (Å²) in [5.41, 5.74) is 3.42. The Hall–Kier alpha value is -2.75. The number of carbonyl (C=O) groups excluding carboxylic acids is 3. The molecule has 0 radical (unpaired) electrons. The van der Waals surface area contributed by atoms with Crippen LogP contribution in [0, 0.1) is 5.82 Å². The smallest absolute Gasteiger partial charge is 0.257 e. The highest BCUT2D eigenvalue weighted by atomic mass is 35.5. The Morgan fingerprint density at radius 2 is 1.87 bits per heavy atom. The van der Waals surface area contributed by atoms with Gasteiger partial charge in [-0.2, -0.15) is 0 Å². The van der Waals surface area contributed by atoms with E-state index in [2.05, 4.69) is 21.0 Å². The van der Waals surface area contributed by atoms with Gasteiger partial charge in [-0.3, -0.25) is 24.7 Å². The summed E-state index contributed by atoms with van der Waals surface area (Å²) in [5, 5.41) is 8.44.